The zero-order valence-electron chi connectivity index (χ0n) is 15.2. The van der Waals surface area contributed by atoms with Crippen molar-refractivity contribution in [3.8, 4) is 5.75 Å². The summed E-state index contributed by atoms with van der Waals surface area (Å²) in [5, 5.41) is 0.784. The number of hydrogen-bond donors (Lipinski definition) is 0. The van der Waals surface area contributed by atoms with E-state index in [-0.39, 0.29) is 5.91 Å². The van der Waals surface area contributed by atoms with Gasteiger partial charge in [-0.25, -0.2) is 0 Å². The molecule has 1 aliphatic rings. The average molecular weight is 373 g/mol. The fourth-order valence-electron chi connectivity index (χ4n) is 3.25. The second-order valence-electron chi connectivity index (χ2n) is 6.59. The Morgan fingerprint density at radius 1 is 1.00 bits per heavy atom. The van der Waals surface area contributed by atoms with Gasteiger partial charge >= 0.3 is 0 Å². The molecule has 0 unspecified atom stereocenters. The van der Waals surface area contributed by atoms with Crippen LogP contribution in [-0.2, 0) is 6.42 Å². The predicted molar refractivity (Wildman–Crippen MR) is 105 cm³/mol. The first-order valence-electron chi connectivity index (χ1n) is 9.06. The average Bonchev–Trinajstić information content (AvgIpc) is 2.69. The SMILES string of the molecule is COc1ccc(C(=O)N2CCN(CCCc3ccc(Cl)cc3)CC2)cc1. The molecule has 0 aromatic heterocycles. The van der Waals surface area contributed by atoms with E-state index in [9.17, 15) is 4.79 Å². The van der Waals surface area contributed by atoms with Crippen LogP contribution in [-0.4, -0.2) is 55.5 Å². The van der Waals surface area contributed by atoms with E-state index in [4.69, 9.17) is 16.3 Å². The maximum absolute atomic E-state index is 12.6. The van der Waals surface area contributed by atoms with Crippen molar-refractivity contribution >= 4 is 17.5 Å². The van der Waals surface area contributed by atoms with Gasteiger partial charge < -0.3 is 9.64 Å². The smallest absolute Gasteiger partial charge is 0.253 e. The van der Waals surface area contributed by atoms with Crippen molar-refractivity contribution in [2.24, 2.45) is 0 Å². The molecule has 1 saturated heterocycles. The zero-order chi connectivity index (χ0) is 18.4. The molecule has 138 valence electrons. The normalized spacial score (nSPS) is 15.1. The summed E-state index contributed by atoms with van der Waals surface area (Å²) < 4.78 is 5.15. The summed E-state index contributed by atoms with van der Waals surface area (Å²) in [7, 11) is 1.63. The van der Waals surface area contributed by atoms with Gasteiger partial charge in [0, 0.05) is 36.8 Å². The van der Waals surface area contributed by atoms with Gasteiger partial charge in [-0.2, -0.15) is 0 Å². The fraction of sp³-hybridized carbons (Fsp3) is 0.381. The minimum absolute atomic E-state index is 0.105. The second kappa shape index (κ2) is 9.06. The number of ether oxygens (including phenoxy) is 1. The number of nitrogens with zero attached hydrogens (tertiary/aromatic N) is 2. The van der Waals surface area contributed by atoms with E-state index < -0.39 is 0 Å². The number of hydrogen-bond acceptors (Lipinski definition) is 3. The number of carbonyl (C=O) groups excluding carboxylic acids is 1. The number of aryl methyl sites for hydroxylation is 1. The summed E-state index contributed by atoms with van der Waals surface area (Å²) >= 11 is 5.92. The lowest BCUT2D eigenvalue weighted by Crippen LogP contribution is -2.48. The van der Waals surface area contributed by atoms with Crippen LogP contribution in [0.25, 0.3) is 0 Å². The van der Waals surface area contributed by atoms with Crippen LogP contribution in [0.15, 0.2) is 48.5 Å². The lowest BCUT2D eigenvalue weighted by molar-refractivity contribution is 0.0636. The quantitative estimate of drug-likeness (QED) is 0.774. The Morgan fingerprint density at radius 2 is 1.65 bits per heavy atom. The van der Waals surface area contributed by atoms with Crippen molar-refractivity contribution in [3.05, 3.63) is 64.7 Å². The van der Waals surface area contributed by atoms with Gasteiger partial charge in [0.05, 0.1) is 7.11 Å². The van der Waals surface area contributed by atoms with Gasteiger partial charge in [0.2, 0.25) is 0 Å². The summed E-state index contributed by atoms with van der Waals surface area (Å²) in [6.07, 6.45) is 2.18. The summed E-state index contributed by atoms with van der Waals surface area (Å²) in [5.41, 5.74) is 2.05. The molecule has 2 aromatic carbocycles. The maximum Gasteiger partial charge on any atom is 0.253 e. The van der Waals surface area contributed by atoms with Crippen molar-refractivity contribution in [1.82, 2.24) is 9.80 Å². The number of methoxy groups -OCH3 is 1. The molecule has 0 atom stereocenters. The number of rotatable bonds is 6. The number of halogens is 1. The minimum atomic E-state index is 0.105. The topological polar surface area (TPSA) is 32.8 Å². The first kappa shape index (κ1) is 18.7. The van der Waals surface area contributed by atoms with Crippen LogP contribution in [0.5, 0.6) is 5.75 Å². The fourth-order valence-corrected chi connectivity index (χ4v) is 3.37. The van der Waals surface area contributed by atoms with E-state index >= 15 is 0 Å². The van der Waals surface area contributed by atoms with E-state index in [2.05, 4.69) is 17.0 Å². The predicted octanol–water partition coefficient (Wildman–Crippen LogP) is 3.74. The Morgan fingerprint density at radius 3 is 2.27 bits per heavy atom. The zero-order valence-corrected chi connectivity index (χ0v) is 15.9. The lowest BCUT2D eigenvalue weighted by atomic mass is 10.1. The summed E-state index contributed by atoms with van der Waals surface area (Å²) in [5.74, 6) is 0.875. The third-order valence-corrected chi connectivity index (χ3v) is 5.10. The van der Waals surface area contributed by atoms with E-state index in [0.717, 1.165) is 61.9 Å². The monoisotopic (exact) mass is 372 g/mol. The number of amides is 1. The molecule has 3 rings (SSSR count). The van der Waals surface area contributed by atoms with Gasteiger partial charge in [-0.3, -0.25) is 9.69 Å². The Labute approximate surface area is 160 Å². The Bertz CT molecular complexity index is 708. The molecular weight excluding hydrogens is 348 g/mol. The molecule has 4 nitrogen and oxygen atoms in total. The molecule has 1 heterocycles. The summed E-state index contributed by atoms with van der Waals surface area (Å²) in [6.45, 7) is 4.50. The van der Waals surface area contributed by atoms with E-state index in [0.29, 0.717) is 0 Å². The van der Waals surface area contributed by atoms with Crippen molar-refractivity contribution in [2.45, 2.75) is 12.8 Å². The number of carbonyl (C=O) groups is 1. The van der Waals surface area contributed by atoms with Crippen LogP contribution in [0.1, 0.15) is 22.3 Å². The molecule has 0 spiro atoms. The molecule has 0 aliphatic carbocycles. The van der Waals surface area contributed by atoms with Gasteiger partial charge in [0.15, 0.2) is 0 Å². The maximum atomic E-state index is 12.6. The van der Waals surface area contributed by atoms with Gasteiger partial charge in [-0.05, 0) is 61.3 Å². The van der Waals surface area contributed by atoms with Crippen LogP contribution < -0.4 is 4.74 Å². The number of benzene rings is 2. The highest BCUT2D eigenvalue weighted by Gasteiger charge is 2.21. The van der Waals surface area contributed by atoms with Crippen LogP contribution >= 0.6 is 11.6 Å². The molecule has 0 saturated carbocycles. The van der Waals surface area contributed by atoms with Crippen LogP contribution in [0.2, 0.25) is 5.02 Å². The summed E-state index contributed by atoms with van der Waals surface area (Å²) in [4.78, 5) is 17.0. The van der Waals surface area contributed by atoms with E-state index in [1.807, 2.05) is 41.3 Å². The van der Waals surface area contributed by atoms with Gasteiger partial charge in [-0.1, -0.05) is 23.7 Å². The second-order valence-corrected chi connectivity index (χ2v) is 7.03. The van der Waals surface area contributed by atoms with E-state index in [1.54, 1.807) is 7.11 Å². The van der Waals surface area contributed by atoms with Crippen molar-refractivity contribution < 1.29 is 9.53 Å². The standard InChI is InChI=1S/C21H25ClN2O2/c1-26-20-10-6-18(7-11-20)21(25)24-15-13-23(14-16-24)12-2-3-17-4-8-19(22)9-5-17/h4-11H,2-3,12-16H2,1H3. The van der Waals surface area contributed by atoms with Crippen LogP contribution in [0.3, 0.4) is 0 Å². The first-order valence-corrected chi connectivity index (χ1v) is 9.43. The van der Waals surface area contributed by atoms with Crippen LogP contribution in [0.4, 0.5) is 0 Å². The molecule has 26 heavy (non-hydrogen) atoms. The largest absolute Gasteiger partial charge is 0.497 e. The molecule has 1 fully saturated rings. The molecule has 1 aliphatic heterocycles. The third kappa shape index (κ3) is 4.99. The molecule has 5 heteroatoms. The van der Waals surface area contributed by atoms with Crippen molar-refractivity contribution in [1.29, 1.82) is 0 Å². The van der Waals surface area contributed by atoms with Crippen LogP contribution in [0, 0.1) is 0 Å². The highest BCUT2D eigenvalue weighted by Crippen LogP contribution is 2.15. The van der Waals surface area contributed by atoms with Crippen molar-refractivity contribution in [2.75, 3.05) is 39.8 Å². The molecular formula is C21H25ClN2O2. The molecule has 0 N–H and O–H groups in total. The Kier molecular flexibility index (Phi) is 6.53. The highest BCUT2D eigenvalue weighted by atomic mass is 35.5. The third-order valence-electron chi connectivity index (χ3n) is 4.85. The van der Waals surface area contributed by atoms with Crippen molar-refractivity contribution in [3.63, 3.8) is 0 Å². The van der Waals surface area contributed by atoms with Gasteiger partial charge in [-0.15, -0.1) is 0 Å². The van der Waals surface area contributed by atoms with Gasteiger partial charge in [0.25, 0.3) is 5.91 Å². The molecule has 1 amide bonds. The first-order chi connectivity index (χ1) is 12.7. The Balaban J connectivity index is 1.41. The molecule has 2 aromatic rings. The molecule has 0 bridgehead atoms. The Hall–Kier alpha value is -2.04. The highest BCUT2D eigenvalue weighted by molar-refractivity contribution is 6.30. The minimum Gasteiger partial charge on any atom is -0.497 e. The van der Waals surface area contributed by atoms with Gasteiger partial charge in [0.1, 0.15) is 5.75 Å². The van der Waals surface area contributed by atoms with E-state index in [1.165, 1.54) is 5.56 Å². The number of piperazine rings is 1. The summed E-state index contributed by atoms with van der Waals surface area (Å²) in [6, 6.07) is 15.4. The lowest BCUT2D eigenvalue weighted by Gasteiger charge is -2.34. The molecule has 0 radical (unpaired) electrons.